The molecule has 2 rings (SSSR count). The molecule has 1 heterocycles. The number of hydrogen-bond donors (Lipinski definition) is 0. The molecule has 1 aliphatic rings. The molecule has 1 aromatic rings. The van der Waals surface area contributed by atoms with Crippen LogP contribution in [-0.4, -0.2) is 19.4 Å². The molecule has 0 saturated heterocycles. The van der Waals surface area contributed by atoms with Gasteiger partial charge >= 0.3 is 0 Å². The van der Waals surface area contributed by atoms with Gasteiger partial charge in [0.2, 0.25) is 19.4 Å². The maximum Gasteiger partial charge on any atom is 0.234 e. The highest BCUT2D eigenvalue weighted by Gasteiger charge is 2.17. The van der Waals surface area contributed by atoms with Crippen molar-refractivity contribution in [1.82, 2.24) is 0 Å². The normalized spacial score (nSPS) is 12.6. The van der Waals surface area contributed by atoms with Crippen LogP contribution in [0.15, 0.2) is 12.1 Å². The van der Waals surface area contributed by atoms with Crippen LogP contribution >= 0.6 is 0 Å². The van der Waals surface area contributed by atoms with Gasteiger partial charge in [-0.15, -0.1) is 0 Å². The molecule has 13 heavy (non-hydrogen) atoms. The van der Waals surface area contributed by atoms with Gasteiger partial charge in [0.15, 0.2) is 11.5 Å². The average molecular weight is 176 g/mol. The second-order valence-electron chi connectivity index (χ2n) is 2.46. The van der Waals surface area contributed by atoms with Crippen molar-refractivity contribution in [2.75, 3.05) is 6.79 Å². The van der Waals surface area contributed by atoms with Gasteiger partial charge in [0.05, 0.1) is 0 Å². The van der Waals surface area contributed by atoms with E-state index in [1.54, 1.807) is 12.6 Å². The Bertz CT molecular complexity index is 335. The predicted octanol–water partition coefficient (Wildman–Crippen LogP) is 0.331. The van der Waals surface area contributed by atoms with E-state index in [9.17, 15) is 9.59 Å². The highest BCUT2D eigenvalue weighted by atomic mass is 16.7. The van der Waals surface area contributed by atoms with Gasteiger partial charge in [-0.05, 0) is 12.1 Å². The largest absolute Gasteiger partial charge is 0.454 e. The summed E-state index contributed by atoms with van der Waals surface area (Å²) >= 11 is 0. The molecule has 0 spiro atoms. The van der Waals surface area contributed by atoms with Gasteiger partial charge in [-0.3, -0.25) is 9.59 Å². The summed E-state index contributed by atoms with van der Waals surface area (Å²) in [5, 5.41) is 0. The van der Waals surface area contributed by atoms with Crippen molar-refractivity contribution in [3.05, 3.63) is 23.3 Å². The molecule has 4 nitrogen and oxygen atoms in total. The average Bonchev–Trinajstić information content (AvgIpc) is 2.62. The quantitative estimate of drug-likeness (QED) is 0.651. The Labute approximate surface area is 74.1 Å². The molecule has 64 valence electrons. The number of benzene rings is 1. The molecule has 0 saturated carbocycles. The minimum absolute atomic E-state index is 0.107. The van der Waals surface area contributed by atoms with Crippen molar-refractivity contribution in [2.24, 2.45) is 0 Å². The molecule has 0 fully saturated rings. The Morgan fingerprint density at radius 2 is 1.46 bits per heavy atom. The highest BCUT2D eigenvalue weighted by molar-refractivity contribution is 5.92. The van der Waals surface area contributed by atoms with Crippen LogP contribution in [0.3, 0.4) is 0 Å². The molecule has 0 bridgehead atoms. The molecular formula is C9H4O4. The number of fused-ring (bicyclic) bond motifs is 1. The molecule has 0 N–H and O–H groups in total. The first-order chi connectivity index (χ1) is 6.35. The zero-order chi connectivity index (χ0) is 9.26. The first-order valence-corrected chi connectivity index (χ1v) is 3.55. The van der Waals surface area contributed by atoms with Crippen molar-refractivity contribution in [1.29, 1.82) is 0 Å². The molecule has 1 aliphatic heterocycles. The SMILES string of the molecule is O=[C]c1cc2c(cc1[C]=O)OCO2. The van der Waals surface area contributed by atoms with Gasteiger partial charge in [-0.25, -0.2) is 0 Å². The van der Waals surface area contributed by atoms with Crippen LogP contribution in [0.1, 0.15) is 11.1 Å². The Morgan fingerprint density at radius 3 is 1.85 bits per heavy atom. The van der Waals surface area contributed by atoms with Crippen LogP contribution in [0.4, 0.5) is 0 Å². The van der Waals surface area contributed by atoms with E-state index in [0.29, 0.717) is 11.5 Å². The number of hydrogen-bond acceptors (Lipinski definition) is 4. The summed E-state index contributed by atoms with van der Waals surface area (Å²) in [7, 11) is 0. The standard InChI is InChI=1S/C9H4O4/c10-3-6-1-8-9(13-5-12-8)2-7(6)4-11/h1-2H,5H2. The third kappa shape index (κ3) is 1.16. The fourth-order valence-electron chi connectivity index (χ4n) is 1.11. The fourth-order valence-corrected chi connectivity index (χ4v) is 1.11. The maximum atomic E-state index is 10.4. The molecule has 0 aliphatic carbocycles. The van der Waals surface area contributed by atoms with Crippen molar-refractivity contribution < 1.29 is 19.1 Å². The minimum atomic E-state index is 0.107. The van der Waals surface area contributed by atoms with Crippen LogP contribution in [-0.2, 0) is 9.59 Å². The van der Waals surface area contributed by atoms with E-state index in [1.807, 2.05) is 0 Å². The number of rotatable bonds is 2. The summed E-state index contributed by atoms with van der Waals surface area (Å²) in [4.78, 5) is 20.8. The van der Waals surface area contributed by atoms with Crippen molar-refractivity contribution >= 4 is 12.6 Å². The van der Waals surface area contributed by atoms with Gasteiger partial charge < -0.3 is 9.47 Å². The molecule has 2 radical (unpaired) electrons. The van der Waals surface area contributed by atoms with Crippen molar-refractivity contribution in [2.45, 2.75) is 0 Å². The van der Waals surface area contributed by atoms with E-state index in [2.05, 4.69) is 0 Å². The van der Waals surface area contributed by atoms with E-state index in [-0.39, 0.29) is 17.9 Å². The Morgan fingerprint density at radius 1 is 1.00 bits per heavy atom. The third-order valence-electron chi connectivity index (χ3n) is 1.73. The van der Waals surface area contributed by atoms with Gasteiger partial charge in [0.25, 0.3) is 0 Å². The van der Waals surface area contributed by atoms with E-state index >= 15 is 0 Å². The van der Waals surface area contributed by atoms with Crippen molar-refractivity contribution in [3.63, 3.8) is 0 Å². The van der Waals surface area contributed by atoms with Crippen LogP contribution in [0.5, 0.6) is 11.5 Å². The zero-order valence-corrected chi connectivity index (χ0v) is 6.49. The number of ether oxygens (including phenoxy) is 2. The van der Waals surface area contributed by atoms with Crippen LogP contribution in [0.2, 0.25) is 0 Å². The summed E-state index contributed by atoms with van der Waals surface area (Å²) < 4.78 is 10.0. The Hall–Kier alpha value is -1.84. The molecule has 1 aromatic carbocycles. The second-order valence-corrected chi connectivity index (χ2v) is 2.46. The predicted molar refractivity (Wildman–Crippen MR) is 42.2 cm³/mol. The van der Waals surface area contributed by atoms with Crippen molar-refractivity contribution in [3.8, 4) is 11.5 Å². The summed E-state index contributed by atoms with van der Waals surface area (Å²) in [5.41, 5.74) is 0.276. The summed E-state index contributed by atoms with van der Waals surface area (Å²) in [6.07, 6.45) is 3.26. The smallest absolute Gasteiger partial charge is 0.234 e. The van der Waals surface area contributed by atoms with Crippen LogP contribution < -0.4 is 9.47 Å². The maximum absolute atomic E-state index is 10.4. The van der Waals surface area contributed by atoms with Gasteiger partial charge in [0, 0.05) is 11.1 Å². The van der Waals surface area contributed by atoms with E-state index in [1.165, 1.54) is 12.1 Å². The third-order valence-corrected chi connectivity index (χ3v) is 1.73. The second kappa shape index (κ2) is 2.90. The zero-order valence-electron chi connectivity index (χ0n) is 6.49. The molecule has 4 heteroatoms. The van der Waals surface area contributed by atoms with Crippen LogP contribution in [0.25, 0.3) is 0 Å². The first kappa shape index (κ1) is 7.79. The fraction of sp³-hybridized carbons (Fsp3) is 0.111. The molecule has 0 atom stereocenters. The Kier molecular flexibility index (Phi) is 1.73. The summed E-state index contributed by atoms with van der Waals surface area (Å²) in [5.74, 6) is 0.912. The lowest BCUT2D eigenvalue weighted by atomic mass is 10.1. The molecule has 0 amide bonds. The number of carbonyl (C=O) groups excluding carboxylic acids is 2. The lowest BCUT2D eigenvalue weighted by Crippen LogP contribution is -1.92. The lowest BCUT2D eigenvalue weighted by molar-refractivity contribution is 0.174. The molecular weight excluding hydrogens is 172 g/mol. The Balaban J connectivity index is 2.59. The summed E-state index contributed by atoms with van der Waals surface area (Å²) in [6, 6.07) is 2.82. The first-order valence-electron chi connectivity index (χ1n) is 3.55. The monoisotopic (exact) mass is 176 g/mol. The van der Waals surface area contributed by atoms with E-state index in [0.717, 1.165) is 0 Å². The minimum Gasteiger partial charge on any atom is -0.454 e. The van der Waals surface area contributed by atoms with Crippen LogP contribution in [0, 0.1) is 0 Å². The topological polar surface area (TPSA) is 52.6 Å². The lowest BCUT2D eigenvalue weighted by Gasteiger charge is -1.98. The van der Waals surface area contributed by atoms with Gasteiger partial charge in [-0.2, -0.15) is 0 Å². The van der Waals surface area contributed by atoms with E-state index < -0.39 is 0 Å². The van der Waals surface area contributed by atoms with E-state index in [4.69, 9.17) is 9.47 Å². The molecule has 0 unspecified atom stereocenters. The van der Waals surface area contributed by atoms with Gasteiger partial charge in [0.1, 0.15) is 0 Å². The molecule has 0 aromatic heterocycles. The highest BCUT2D eigenvalue weighted by Crippen LogP contribution is 2.33. The van der Waals surface area contributed by atoms with Gasteiger partial charge in [-0.1, -0.05) is 0 Å². The summed E-state index contributed by atoms with van der Waals surface area (Å²) in [6.45, 7) is 0.107.